The van der Waals surface area contributed by atoms with Crippen LogP contribution in [0.15, 0.2) is 72.8 Å². The van der Waals surface area contributed by atoms with Gasteiger partial charge in [-0.2, -0.15) is 0 Å². The number of hydrogen-bond acceptors (Lipinski definition) is 2. The highest BCUT2D eigenvalue weighted by Crippen LogP contribution is 2.49. The number of hydrogen-bond donors (Lipinski definition) is 0. The number of rotatable bonds is 4. The molecule has 2 aliphatic rings. The summed E-state index contributed by atoms with van der Waals surface area (Å²) >= 11 is 0. The number of aldehydes is 1. The lowest BCUT2D eigenvalue weighted by molar-refractivity contribution is -0.134. The first-order valence-corrected chi connectivity index (χ1v) is 8.86. The van der Waals surface area contributed by atoms with E-state index >= 15 is 0 Å². The third-order valence-corrected chi connectivity index (χ3v) is 5.43. The molecule has 4 atom stereocenters. The second-order valence-electron chi connectivity index (χ2n) is 6.81. The molecule has 2 aromatic rings. The first-order chi connectivity index (χ1) is 12.3. The molecule has 3 heteroatoms. The highest BCUT2D eigenvalue weighted by Gasteiger charge is 2.53. The molecule has 4 rings (SSSR count). The number of amides is 1. The number of carbonyl (C=O) groups excluding carboxylic acids is 2. The monoisotopic (exact) mass is 331 g/mol. The van der Waals surface area contributed by atoms with Crippen LogP contribution in [0.2, 0.25) is 0 Å². The van der Waals surface area contributed by atoms with Gasteiger partial charge in [0.2, 0.25) is 5.91 Å². The average molecular weight is 331 g/mol. The molecule has 0 bridgehead atoms. The number of para-hydroxylation sites is 1. The summed E-state index contributed by atoms with van der Waals surface area (Å²) in [5, 5.41) is 0. The van der Waals surface area contributed by atoms with Crippen molar-refractivity contribution >= 4 is 17.9 Å². The molecule has 0 spiro atoms. The Bertz CT molecular complexity index is 784. The van der Waals surface area contributed by atoms with Crippen molar-refractivity contribution in [2.24, 2.45) is 17.8 Å². The van der Waals surface area contributed by atoms with Crippen LogP contribution in [-0.2, 0) is 9.59 Å². The minimum atomic E-state index is -0.172. The van der Waals surface area contributed by atoms with Gasteiger partial charge in [0.15, 0.2) is 0 Å². The highest BCUT2D eigenvalue weighted by atomic mass is 16.2. The zero-order chi connectivity index (χ0) is 17.2. The van der Waals surface area contributed by atoms with Crippen LogP contribution >= 0.6 is 0 Å². The van der Waals surface area contributed by atoms with E-state index in [4.69, 9.17) is 0 Å². The summed E-state index contributed by atoms with van der Waals surface area (Å²) in [4.78, 5) is 26.5. The van der Waals surface area contributed by atoms with Gasteiger partial charge in [-0.3, -0.25) is 4.79 Å². The Balaban J connectivity index is 1.74. The molecule has 1 amide bonds. The summed E-state index contributed by atoms with van der Waals surface area (Å²) in [5.74, 6) is -0.134. The van der Waals surface area contributed by atoms with E-state index in [1.807, 2.05) is 53.4 Å². The van der Waals surface area contributed by atoms with Gasteiger partial charge >= 0.3 is 0 Å². The van der Waals surface area contributed by atoms with Crippen LogP contribution in [0.25, 0.3) is 0 Å². The van der Waals surface area contributed by atoms with Gasteiger partial charge in [-0.05, 0) is 30.5 Å². The SMILES string of the molecule is O=C[C@@H]1CCC=C[C@@H]1[C@H]1C(=O)N(c2ccccc2)[C@@H]1c1ccccc1. The third kappa shape index (κ3) is 2.70. The summed E-state index contributed by atoms with van der Waals surface area (Å²) in [6.07, 6.45) is 6.99. The zero-order valence-electron chi connectivity index (χ0n) is 14.0. The molecule has 1 fully saturated rings. The van der Waals surface area contributed by atoms with Crippen molar-refractivity contribution in [2.75, 3.05) is 4.90 Å². The summed E-state index contributed by atoms with van der Waals surface area (Å²) in [5.41, 5.74) is 2.04. The number of carbonyl (C=O) groups is 2. The molecule has 0 aromatic heterocycles. The number of β-lactam (4-membered cyclic amide) rings is 1. The standard InChI is InChI=1S/C22H21NO2/c24-15-17-11-7-8-14-19(17)20-21(16-9-3-1-4-10-16)23(22(20)25)18-12-5-2-6-13-18/h1-6,8-10,12-15,17,19-21H,7,11H2/t17-,19-,20+,21+/m0/s1. The van der Waals surface area contributed by atoms with Crippen LogP contribution in [0.3, 0.4) is 0 Å². The van der Waals surface area contributed by atoms with Crippen molar-refractivity contribution in [2.45, 2.75) is 18.9 Å². The third-order valence-electron chi connectivity index (χ3n) is 5.43. The summed E-state index contributed by atoms with van der Waals surface area (Å²) in [7, 11) is 0. The van der Waals surface area contributed by atoms with E-state index in [0.717, 1.165) is 30.4 Å². The van der Waals surface area contributed by atoms with Crippen molar-refractivity contribution in [3.63, 3.8) is 0 Å². The second kappa shape index (κ2) is 6.67. The maximum Gasteiger partial charge on any atom is 0.233 e. The zero-order valence-corrected chi connectivity index (χ0v) is 14.0. The lowest BCUT2D eigenvalue weighted by Gasteiger charge is -2.51. The topological polar surface area (TPSA) is 37.4 Å². The number of allylic oxidation sites excluding steroid dienone is 2. The average Bonchev–Trinajstić information content (AvgIpc) is 2.68. The van der Waals surface area contributed by atoms with Gasteiger partial charge in [-0.25, -0.2) is 0 Å². The molecule has 0 radical (unpaired) electrons. The number of anilines is 1. The van der Waals surface area contributed by atoms with Gasteiger partial charge in [0.1, 0.15) is 6.29 Å². The molecule has 2 aromatic carbocycles. The molecule has 0 N–H and O–H groups in total. The van der Waals surface area contributed by atoms with E-state index in [9.17, 15) is 9.59 Å². The van der Waals surface area contributed by atoms with Crippen LogP contribution in [0.1, 0.15) is 24.4 Å². The maximum absolute atomic E-state index is 13.1. The lowest BCUT2D eigenvalue weighted by atomic mass is 9.67. The molecule has 126 valence electrons. The van der Waals surface area contributed by atoms with E-state index < -0.39 is 0 Å². The fraction of sp³-hybridized carbons (Fsp3) is 0.273. The molecule has 0 saturated carbocycles. The van der Waals surface area contributed by atoms with Crippen LogP contribution in [-0.4, -0.2) is 12.2 Å². The van der Waals surface area contributed by atoms with E-state index in [-0.39, 0.29) is 29.7 Å². The minimum Gasteiger partial charge on any atom is -0.304 e. The Labute approximate surface area is 148 Å². The van der Waals surface area contributed by atoms with E-state index in [1.165, 1.54) is 0 Å². The Hall–Kier alpha value is -2.68. The fourth-order valence-electron chi connectivity index (χ4n) is 4.19. The molecule has 1 heterocycles. The molecule has 1 saturated heterocycles. The lowest BCUT2D eigenvalue weighted by Crippen LogP contribution is -2.59. The first kappa shape index (κ1) is 15.8. The summed E-state index contributed by atoms with van der Waals surface area (Å²) in [6, 6.07) is 19.9. The Morgan fingerprint density at radius 1 is 0.960 bits per heavy atom. The van der Waals surface area contributed by atoms with Gasteiger partial charge in [0.05, 0.1) is 12.0 Å². The quantitative estimate of drug-likeness (QED) is 0.479. The summed E-state index contributed by atoms with van der Waals surface area (Å²) in [6.45, 7) is 0. The molecular formula is C22H21NO2. The van der Waals surface area contributed by atoms with Gasteiger partial charge < -0.3 is 9.69 Å². The minimum absolute atomic E-state index is 0.0103. The van der Waals surface area contributed by atoms with Crippen molar-refractivity contribution in [1.29, 1.82) is 0 Å². The van der Waals surface area contributed by atoms with E-state index in [0.29, 0.717) is 0 Å². The van der Waals surface area contributed by atoms with Crippen molar-refractivity contribution in [3.8, 4) is 0 Å². The van der Waals surface area contributed by atoms with Crippen molar-refractivity contribution in [1.82, 2.24) is 0 Å². The maximum atomic E-state index is 13.1. The fourth-order valence-corrected chi connectivity index (χ4v) is 4.19. The highest BCUT2D eigenvalue weighted by molar-refractivity contribution is 6.03. The molecule has 3 nitrogen and oxygen atoms in total. The molecule has 1 aliphatic heterocycles. The smallest absolute Gasteiger partial charge is 0.233 e. The largest absolute Gasteiger partial charge is 0.304 e. The first-order valence-electron chi connectivity index (χ1n) is 8.86. The normalized spacial score (nSPS) is 28.5. The van der Waals surface area contributed by atoms with Crippen LogP contribution < -0.4 is 4.90 Å². The molecule has 1 aliphatic carbocycles. The van der Waals surface area contributed by atoms with Crippen LogP contribution in [0.5, 0.6) is 0 Å². The van der Waals surface area contributed by atoms with E-state index in [2.05, 4.69) is 24.3 Å². The van der Waals surface area contributed by atoms with Gasteiger partial charge in [0, 0.05) is 17.5 Å². The van der Waals surface area contributed by atoms with Crippen LogP contribution in [0, 0.1) is 17.8 Å². The number of nitrogens with zero attached hydrogens (tertiary/aromatic N) is 1. The summed E-state index contributed by atoms with van der Waals surface area (Å²) < 4.78 is 0. The Kier molecular flexibility index (Phi) is 4.22. The second-order valence-corrected chi connectivity index (χ2v) is 6.81. The van der Waals surface area contributed by atoms with Crippen molar-refractivity contribution < 1.29 is 9.59 Å². The predicted molar refractivity (Wildman–Crippen MR) is 98.0 cm³/mol. The Morgan fingerprint density at radius 3 is 2.32 bits per heavy atom. The van der Waals surface area contributed by atoms with Gasteiger partial charge in [0.25, 0.3) is 0 Å². The van der Waals surface area contributed by atoms with Gasteiger partial charge in [-0.1, -0.05) is 60.7 Å². The van der Waals surface area contributed by atoms with Crippen molar-refractivity contribution in [3.05, 3.63) is 78.4 Å². The molecule has 0 unspecified atom stereocenters. The Morgan fingerprint density at radius 2 is 1.64 bits per heavy atom. The molecule has 25 heavy (non-hydrogen) atoms. The molecular weight excluding hydrogens is 310 g/mol. The van der Waals surface area contributed by atoms with Gasteiger partial charge in [-0.15, -0.1) is 0 Å². The number of benzene rings is 2. The van der Waals surface area contributed by atoms with Crippen LogP contribution in [0.4, 0.5) is 5.69 Å². The van der Waals surface area contributed by atoms with E-state index in [1.54, 1.807) is 0 Å². The predicted octanol–water partition coefficient (Wildman–Crippen LogP) is 4.17.